The summed E-state index contributed by atoms with van der Waals surface area (Å²) in [5.41, 5.74) is 2.53. The normalized spacial score (nSPS) is 10.4. The van der Waals surface area contributed by atoms with Crippen molar-refractivity contribution < 1.29 is 14.3 Å². The molecule has 0 spiro atoms. The molecule has 3 aromatic rings. The molecule has 3 rings (SSSR count). The van der Waals surface area contributed by atoms with Gasteiger partial charge in [0.25, 0.3) is 5.91 Å². The van der Waals surface area contributed by atoms with Crippen LogP contribution in [0.25, 0.3) is 11.1 Å². The van der Waals surface area contributed by atoms with Gasteiger partial charge in [-0.2, -0.15) is 5.10 Å². The number of carbonyl (C=O) groups is 1. The Bertz CT molecular complexity index is 878. The molecule has 0 bridgehead atoms. The quantitative estimate of drug-likeness (QED) is 0.662. The fraction of sp³-hybridized carbons (Fsp3) is 0.238. The van der Waals surface area contributed by atoms with E-state index in [0.717, 1.165) is 11.1 Å². The Kier molecular flexibility index (Phi) is 6.10. The van der Waals surface area contributed by atoms with Crippen LogP contribution in [0, 0.1) is 0 Å². The van der Waals surface area contributed by atoms with Crippen molar-refractivity contribution in [1.29, 1.82) is 0 Å². The molecule has 0 unspecified atom stereocenters. The first-order valence-corrected chi connectivity index (χ1v) is 8.88. The van der Waals surface area contributed by atoms with E-state index in [0.29, 0.717) is 36.8 Å². The van der Waals surface area contributed by atoms with Crippen LogP contribution in [0.5, 0.6) is 11.5 Å². The van der Waals surface area contributed by atoms with E-state index >= 15 is 0 Å². The van der Waals surface area contributed by atoms with Crippen LogP contribution in [0.4, 0.5) is 0 Å². The number of amides is 1. The number of benzene rings is 2. The summed E-state index contributed by atoms with van der Waals surface area (Å²) < 4.78 is 11.3. The van der Waals surface area contributed by atoms with Gasteiger partial charge in [-0.1, -0.05) is 24.3 Å². The van der Waals surface area contributed by atoms with E-state index in [2.05, 4.69) is 10.2 Å². The van der Waals surface area contributed by atoms with Gasteiger partial charge in [0, 0.05) is 24.4 Å². The van der Waals surface area contributed by atoms with Crippen molar-refractivity contribution in [3.8, 4) is 22.6 Å². The molecule has 0 aliphatic heterocycles. The maximum Gasteiger partial charge on any atom is 0.253 e. The molecular weight excluding hydrogens is 342 g/mol. The number of para-hydroxylation sites is 2. The van der Waals surface area contributed by atoms with Crippen molar-refractivity contribution in [3.63, 3.8) is 0 Å². The van der Waals surface area contributed by atoms with Crippen LogP contribution in [0.2, 0.25) is 0 Å². The summed E-state index contributed by atoms with van der Waals surface area (Å²) in [5.74, 6) is 1.34. The predicted octanol–water partition coefficient (Wildman–Crippen LogP) is 3.63. The van der Waals surface area contributed by atoms with Crippen LogP contribution in [0.3, 0.4) is 0 Å². The number of hydrogen-bond acceptors (Lipinski definition) is 4. The monoisotopic (exact) mass is 365 g/mol. The van der Waals surface area contributed by atoms with Crippen LogP contribution in [0.1, 0.15) is 17.3 Å². The van der Waals surface area contributed by atoms with Crippen molar-refractivity contribution in [2.75, 3.05) is 26.8 Å². The van der Waals surface area contributed by atoms with E-state index in [4.69, 9.17) is 9.47 Å². The minimum absolute atomic E-state index is 0.0537. The van der Waals surface area contributed by atoms with Crippen molar-refractivity contribution in [2.24, 2.45) is 0 Å². The van der Waals surface area contributed by atoms with Gasteiger partial charge in [-0.3, -0.25) is 9.89 Å². The molecule has 140 valence electrons. The Morgan fingerprint density at radius 3 is 2.56 bits per heavy atom. The molecule has 0 aliphatic rings. The van der Waals surface area contributed by atoms with Gasteiger partial charge in [0.2, 0.25) is 0 Å². The summed E-state index contributed by atoms with van der Waals surface area (Å²) in [5, 5.41) is 6.74. The average molecular weight is 365 g/mol. The van der Waals surface area contributed by atoms with Crippen molar-refractivity contribution in [3.05, 3.63) is 66.5 Å². The van der Waals surface area contributed by atoms with Gasteiger partial charge in [-0.05, 0) is 36.8 Å². The molecule has 1 aromatic heterocycles. The highest BCUT2D eigenvalue weighted by Crippen LogP contribution is 2.26. The summed E-state index contributed by atoms with van der Waals surface area (Å²) in [6.07, 6.45) is 3.54. The molecule has 1 amide bonds. The second-order valence-corrected chi connectivity index (χ2v) is 6.02. The zero-order valence-electron chi connectivity index (χ0n) is 15.5. The Balaban J connectivity index is 1.59. The fourth-order valence-electron chi connectivity index (χ4n) is 2.70. The zero-order chi connectivity index (χ0) is 19.1. The van der Waals surface area contributed by atoms with E-state index in [1.807, 2.05) is 55.5 Å². The van der Waals surface area contributed by atoms with Crippen LogP contribution in [-0.2, 0) is 0 Å². The number of aromatic nitrogens is 2. The third kappa shape index (κ3) is 4.67. The van der Waals surface area contributed by atoms with Gasteiger partial charge in [0.05, 0.1) is 19.3 Å². The number of rotatable bonds is 8. The molecule has 0 fully saturated rings. The topological polar surface area (TPSA) is 67.5 Å². The van der Waals surface area contributed by atoms with Gasteiger partial charge in [0.1, 0.15) is 6.61 Å². The van der Waals surface area contributed by atoms with Crippen LogP contribution >= 0.6 is 0 Å². The first kappa shape index (κ1) is 18.5. The van der Waals surface area contributed by atoms with Crippen LogP contribution in [-0.4, -0.2) is 47.8 Å². The van der Waals surface area contributed by atoms with Crippen LogP contribution in [0.15, 0.2) is 60.9 Å². The van der Waals surface area contributed by atoms with Gasteiger partial charge in [-0.25, -0.2) is 0 Å². The minimum Gasteiger partial charge on any atom is -0.490 e. The van der Waals surface area contributed by atoms with E-state index in [1.165, 1.54) is 0 Å². The van der Waals surface area contributed by atoms with Gasteiger partial charge in [0.15, 0.2) is 11.5 Å². The minimum atomic E-state index is -0.0537. The lowest BCUT2D eigenvalue weighted by Crippen LogP contribution is -2.30. The number of nitrogens with one attached hydrogen (secondary N) is 1. The third-order valence-electron chi connectivity index (χ3n) is 4.12. The van der Waals surface area contributed by atoms with Gasteiger partial charge in [-0.15, -0.1) is 0 Å². The second-order valence-electron chi connectivity index (χ2n) is 6.02. The highest BCUT2D eigenvalue weighted by molar-refractivity contribution is 5.95. The molecule has 2 aromatic carbocycles. The molecule has 0 radical (unpaired) electrons. The maximum absolute atomic E-state index is 12.7. The van der Waals surface area contributed by atoms with Crippen molar-refractivity contribution >= 4 is 5.91 Å². The smallest absolute Gasteiger partial charge is 0.253 e. The molecule has 0 saturated carbocycles. The Hall–Kier alpha value is -3.28. The Morgan fingerprint density at radius 2 is 1.85 bits per heavy atom. The van der Waals surface area contributed by atoms with E-state index in [9.17, 15) is 4.79 Å². The number of H-pyrrole nitrogens is 1. The van der Waals surface area contributed by atoms with Gasteiger partial charge >= 0.3 is 0 Å². The first-order valence-electron chi connectivity index (χ1n) is 8.88. The summed E-state index contributed by atoms with van der Waals surface area (Å²) >= 11 is 0. The lowest BCUT2D eigenvalue weighted by atomic mass is 10.1. The zero-order valence-corrected chi connectivity index (χ0v) is 15.5. The number of likely N-dealkylation sites (N-methyl/N-ethyl adjacent to an activating group) is 1. The highest BCUT2D eigenvalue weighted by atomic mass is 16.5. The largest absolute Gasteiger partial charge is 0.490 e. The standard InChI is InChI=1S/C21H23N3O3/c1-3-26-19-9-4-5-10-20(19)27-12-11-24(2)21(25)17-8-6-7-16(13-17)18-14-22-23-15-18/h4-10,13-15H,3,11-12H2,1-2H3,(H,22,23). The third-order valence-corrected chi connectivity index (χ3v) is 4.12. The average Bonchev–Trinajstić information content (AvgIpc) is 3.24. The van der Waals surface area contributed by atoms with Crippen LogP contribution < -0.4 is 9.47 Å². The van der Waals surface area contributed by atoms with E-state index < -0.39 is 0 Å². The fourth-order valence-corrected chi connectivity index (χ4v) is 2.70. The van der Waals surface area contributed by atoms with Crippen molar-refractivity contribution in [1.82, 2.24) is 15.1 Å². The number of hydrogen-bond donors (Lipinski definition) is 1. The lowest BCUT2D eigenvalue weighted by molar-refractivity contribution is 0.0773. The number of carbonyl (C=O) groups excluding carboxylic acids is 1. The Morgan fingerprint density at radius 1 is 1.07 bits per heavy atom. The summed E-state index contributed by atoms with van der Waals surface area (Å²) in [7, 11) is 1.77. The van der Waals surface area contributed by atoms with Gasteiger partial charge < -0.3 is 14.4 Å². The number of ether oxygens (including phenoxy) is 2. The molecular formula is C21H23N3O3. The second kappa shape index (κ2) is 8.89. The summed E-state index contributed by atoms with van der Waals surface area (Å²) in [6.45, 7) is 3.36. The molecule has 6 nitrogen and oxygen atoms in total. The number of nitrogens with zero attached hydrogens (tertiary/aromatic N) is 2. The van der Waals surface area contributed by atoms with E-state index in [1.54, 1.807) is 24.3 Å². The molecule has 0 saturated heterocycles. The predicted molar refractivity (Wildman–Crippen MR) is 104 cm³/mol. The highest BCUT2D eigenvalue weighted by Gasteiger charge is 2.13. The number of aromatic amines is 1. The molecule has 6 heteroatoms. The summed E-state index contributed by atoms with van der Waals surface area (Å²) in [6, 6.07) is 15.0. The lowest BCUT2D eigenvalue weighted by Gasteiger charge is -2.18. The molecule has 1 heterocycles. The Labute approximate surface area is 158 Å². The maximum atomic E-state index is 12.7. The first-order chi connectivity index (χ1) is 13.2. The van der Waals surface area contributed by atoms with E-state index in [-0.39, 0.29) is 5.91 Å². The molecule has 27 heavy (non-hydrogen) atoms. The molecule has 0 atom stereocenters. The summed E-state index contributed by atoms with van der Waals surface area (Å²) in [4.78, 5) is 14.4. The van der Waals surface area contributed by atoms with Crippen molar-refractivity contribution in [2.45, 2.75) is 6.92 Å². The molecule has 0 aliphatic carbocycles. The molecule has 1 N–H and O–H groups in total. The SMILES string of the molecule is CCOc1ccccc1OCCN(C)C(=O)c1cccc(-c2cn[nH]c2)c1.